The molecular weight excluding hydrogens is 184 g/mol. The Labute approximate surface area is 92.1 Å². The van der Waals surface area contributed by atoms with Gasteiger partial charge in [-0.1, -0.05) is 25.8 Å². The highest BCUT2D eigenvalue weighted by Gasteiger charge is 2.12. The van der Waals surface area contributed by atoms with E-state index in [2.05, 4.69) is 30.1 Å². The highest BCUT2D eigenvalue weighted by atomic mass is 14.9. The van der Waals surface area contributed by atoms with Crippen LogP contribution in [0.25, 0.3) is 0 Å². The van der Waals surface area contributed by atoms with Crippen LogP contribution < -0.4 is 5.32 Å². The Balaban J connectivity index is 2.68. The summed E-state index contributed by atoms with van der Waals surface area (Å²) in [4.78, 5) is 4.35. The zero-order valence-electron chi connectivity index (χ0n) is 9.40. The second kappa shape index (κ2) is 6.21. The molecule has 2 nitrogen and oxygen atoms in total. The smallest absolute Gasteiger partial charge is 0.0579 e. The van der Waals surface area contributed by atoms with E-state index < -0.39 is 0 Å². The molecule has 0 fully saturated rings. The Morgan fingerprint density at radius 2 is 2.27 bits per heavy atom. The molecule has 1 unspecified atom stereocenters. The van der Waals surface area contributed by atoms with Gasteiger partial charge in [-0.15, -0.1) is 6.42 Å². The standard InChI is InChI=1S/C13H18N2/c1-4-8-14-13(10-11(2)3)12-7-5-6-9-15-12/h1,5-7,9,11,13-14H,8,10H2,2-3H3. The van der Waals surface area contributed by atoms with Crippen LogP contribution >= 0.6 is 0 Å². The minimum absolute atomic E-state index is 0.266. The molecule has 1 rings (SSSR count). The number of nitrogens with one attached hydrogen (secondary N) is 1. The van der Waals surface area contributed by atoms with Gasteiger partial charge in [-0.05, 0) is 24.5 Å². The molecule has 15 heavy (non-hydrogen) atoms. The number of pyridine rings is 1. The van der Waals surface area contributed by atoms with Crippen LogP contribution in [0, 0.1) is 18.3 Å². The zero-order valence-corrected chi connectivity index (χ0v) is 9.40. The third-order valence-electron chi connectivity index (χ3n) is 2.20. The van der Waals surface area contributed by atoms with Gasteiger partial charge < -0.3 is 0 Å². The largest absolute Gasteiger partial charge is 0.298 e. The van der Waals surface area contributed by atoms with Crippen molar-refractivity contribution in [3.63, 3.8) is 0 Å². The van der Waals surface area contributed by atoms with Crippen molar-refractivity contribution < 1.29 is 0 Å². The first-order valence-electron chi connectivity index (χ1n) is 5.31. The van der Waals surface area contributed by atoms with E-state index >= 15 is 0 Å². The summed E-state index contributed by atoms with van der Waals surface area (Å²) < 4.78 is 0. The second-order valence-corrected chi connectivity index (χ2v) is 4.02. The van der Waals surface area contributed by atoms with Crippen molar-refractivity contribution in [3.05, 3.63) is 30.1 Å². The van der Waals surface area contributed by atoms with E-state index in [1.165, 1.54) is 0 Å². The van der Waals surface area contributed by atoms with Gasteiger partial charge in [-0.25, -0.2) is 0 Å². The first kappa shape index (κ1) is 11.7. The van der Waals surface area contributed by atoms with Gasteiger partial charge in [0.1, 0.15) is 0 Å². The first-order valence-corrected chi connectivity index (χ1v) is 5.31. The van der Waals surface area contributed by atoms with Gasteiger partial charge in [-0.2, -0.15) is 0 Å². The fourth-order valence-corrected chi connectivity index (χ4v) is 1.54. The molecule has 1 N–H and O–H groups in total. The molecule has 0 amide bonds. The second-order valence-electron chi connectivity index (χ2n) is 4.02. The average molecular weight is 202 g/mol. The first-order chi connectivity index (χ1) is 7.24. The summed E-state index contributed by atoms with van der Waals surface area (Å²) in [5.74, 6) is 3.23. The van der Waals surface area contributed by atoms with E-state index in [9.17, 15) is 0 Å². The predicted molar refractivity (Wildman–Crippen MR) is 63.3 cm³/mol. The van der Waals surface area contributed by atoms with E-state index in [0.717, 1.165) is 12.1 Å². The summed E-state index contributed by atoms with van der Waals surface area (Å²) in [7, 11) is 0. The van der Waals surface area contributed by atoms with E-state index in [1.54, 1.807) is 0 Å². The van der Waals surface area contributed by atoms with Gasteiger partial charge in [0.15, 0.2) is 0 Å². The van der Waals surface area contributed by atoms with Crippen LogP contribution in [0.3, 0.4) is 0 Å². The molecule has 1 atom stereocenters. The Hall–Kier alpha value is -1.33. The number of hydrogen-bond acceptors (Lipinski definition) is 2. The highest BCUT2D eigenvalue weighted by molar-refractivity contribution is 5.09. The third kappa shape index (κ3) is 4.14. The summed E-state index contributed by atoms with van der Waals surface area (Å²) in [6.07, 6.45) is 8.13. The number of terminal acetylenes is 1. The SMILES string of the molecule is C#CCNC(CC(C)C)c1ccccn1. The molecule has 0 spiro atoms. The minimum Gasteiger partial charge on any atom is -0.298 e. The van der Waals surface area contributed by atoms with Crippen LogP contribution in [-0.4, -0.2) is 11.5 Å². The molecule has 0 aromatic carbocycles. The number of rotatable bonds is 5. The normalized spacial score (nSPS) is 12.4. The topological polar surface area (TPSA) is 24.9 Å². The molecule has 1 aromatic heterocycles. The Bertz CT molecular complexity index is 311. The van der Waals surface area contributed by atoms with Crippen molar-refractivity contribution in [1.82, 2.24) is 10.3 Å². The van der Waals surface area contributed by atoms with Crippen molar-refractivity contribution in [2.24, 2.45) is 5.92 Å². The molecular formula is C13H18N2. The maximum Gasteiger partial charge on any atom is 0.0579 e. The van der Waals surface area contributed by atoms with Crippen molar-refractivity contribution in [2.75, 3.05) is 6.54 Å². The monoisotopic (exact) mass is 202 g/mol. The summed E-state index contributed by atoms with van der Waals surface area (Å²) in [5.41, 5.74) is 1.07. The van der Waals surface area contributed by atoms with Crippen molar-refractivity contribution in [3.8, 4) is 12.3 Å². The summed E-state index contributed by atoms with van der Waals surface area (Å²) in [5, 5.41) is 3.32. The van der Waals surface area contributed by atoms with Crippen LogP contribution in [0.5, 0.6) is 0 Å². The molecule has 0 aliphatic heterocycles. The molecule has 1 heterocycles. The molecule has 0 aliphatic carbocycles. The molecule has 0 aliphatic rings. The number of nitrogens with zero attached hydrogens (tertiary/aromatic N) is 1. The number of aromatic nitrogens is 1. The molecule has 0 saturated carbocycles. The lowest BCUT2D eigenvalue weighted by atomic mass is 10.0. The minimum atomic E-state index is 0.266. The lowest BCUT2D eigenvalue weighted by molar-refractivity contribution is 0.439. The van der Waals surface area contributed by atoms with E-state index in [4.69, 9.17) is 6.42 Å². The maximum atomic E-state index is 5.25. The zero-order chi connectivity index (χ0) is 11.1. The lowest BCUT2D eigenvalue weighted by Gasteiger charge is -2.18. The highest BCUT2D eigenvalue weighted by Crippen LogP contribution is 2.18. The van der Waals surface area contributed by atoms with E-state index in [-0.39, 0.29) is 6.04 Å². The van der Waals surface area contributed by atoms with Crippen molar-refractivity contribution in [2.45, 2.75) is 26.3 Å². The van der Waals surface area contributed by atoms with Gasteiger partial charge in [0.2, 0.25) is 0 Å². The van der Waals surface area contributed by atoms with E-state index in [1.807, 2.05) is 24.4 Å². The average Bonchev–Trinajstić information content (AvgIpc) is 2.25. The van der Waals surface area contributed by atoms with Crippen molar-refractivity contribution >= 4 is 0 Å². The third-order valence-corrected chi connectivity index (χ3v) is 2.20. The van der Waals surface area contributed by atoms with Crippen LogP contribution in [0.4, 0.5) is 0 Å². The van der Waals surface area contributed by atoms with Gasteiger partial charge in [0, 0.05) is 6.20 Å². The van der Waals surface area contributed by atoms with Gasteiger partial charge in [0.05, 0.1) is 18.3 Å². The summed E-state index contributed by atoms with van der Waals surface area (Å²) in [6, 6.07) is 6.24. The Morgan fingerprint density at radius 1 is 1.47 bits per heavy atom. The lowest BCUT2D eigenvalue weighted by Crippen LogP contribution is -2.23. The number of hydrogen-bond donors (Lipinski definition) is 1. The molecule has 0 bridgehead atoms. The molecule has 1 aromatic rings. The van der Waals surface area contributed by atoms with Gasteiger partial charge in [-0.3, -0.25) is 10.3 Å². The van der Waals surface area contributed by atoms with E-state index in [0.29, 0.717) is 12.5 Å². The Kier molecular flexibility index (Phi) is 4.86. The van der Waals surface area contributed by atoms with Gasteiger partial charge >= 0.3 is 0 Å². The molecule has 0 radical (unpaired) electrons. The fourth-order valence-electron chi connectivity index (χ4n) is 1.54. The van der Waals surface area contributed by atoms with Crippen LogP contribution in [0.15, 0.2) is 24.4 Å². The molecule has 80 valence electrons. The quantitative estimate of drug-likeness (QED) is 0.742. The summed E-state index contributed by atoms with van der Waals surface area (Å²) in [6.45, 7) is 4.99. The fraction of sp³-hybridized carbons (Fsp3) is 0.462. The van der Waals surface area contributed by atoms with Crippen LogP contribution in [0.1, 0.15) is 32.0 Å². The Morgan fingerprint density at radius 3 is 2.80 bits per heavy atom. The molecule has 2 heteroatoms. The maximum absolute atomic E-state index is 5.25. The molecule has 0 saturated heterocycles. The van der Waals surface area contributed by atoms with Crippen LogP contribution in [-0.2, 0) is 0 Å². The van der Waals surface area contributed by atoms with Crippen molar-refractivity contribution in [1.29, 1.82) is 0 Å². The predicted octanol–water partition coefficient (Wildman–Crippen LogP) is 2.39. The summed E-state index contributed by atoms with van der Waals surface area (Å²) >= 11 is 0. The van der Waals surface area contributed by atoms with Crippen LogP contribution in [0.2, 0.25) is 0 Å². The van der Waals surface area contributed by atoms with Gasteiger partial charge in [0.25, 0.3) is 0 Å².